The van der Waals surface area contributed by atoms with E-state index in [1.54, 1.807) is 19.1 Å². The lowest BCUT2D eigenvalue weighted by Crippen LogP contribution is -2.25. The van der Waals surface area contributed by atoms with Crippen molar-refractivity contribution in [2.75, 3.05) is 6.54 Å². The maximum Gasteiger partial charge on any atom is 0.250 e. The molecular formula is C10H13N3O3S2. The number of aryl methyl sites for hydroxylation is 2. The van der Waals surface area contributed by atoms with Gasteiger partial charge in [-0.15, -0.1) is 21.5 Å². The van der Waals surface area contributed by atoms with Gasteiger partial charge in [-0.25, -0.2) is 13.1 Å². The van der Waals surface area contributed by atoms with Crippen molar-refractivity contribution in [1.29, 1.82) is 0 Å². The summed E-state index contributed by atoms with van der Waals surface area (Å²) in [6.45, 7) is 3.79. The highest BCUT2D eigenvalue weighted by Crippen LogP contribution is 2.20. The van der Waals surface area contributed by atoms with Crippen LogP contribution in [0.5, 0.6) is 0 Å². The predicted octanol–water partition coefficient (Wildman–Crippen LogP) is 1.27. The van der Waals surface area contributed by atoms with Crippen LogP contribution in [0.4, 0.5) is 0 Å². The number of aromatic nitrogens is 2. The van der Waals surface area contributed by atoms with E-state index in [0.717, 1.165) is 4.88 Å². The monoisotopic (exact) mass is 287 g/mol. The second-order valence-corrected chi connectivity index (χ2v) is 7.01. The van der Waals surface area contributed by atoms with Gasteiger partial charge in [0, 0.05) is 24.8 Å². The third-order valence-corrected chi connectivity index (χ3v) is 5.13. The molecule has 0 radical (unpaired) electrons. The topological polar surface area (TPSA) is 85.1 Å². The smallest absolute Gasteiger partial charge is 0.250 e. The molecule has 18 heavy (non-hydrogen) atoms. The highest BCUT2D eigenvalue weighted by molar-refractivity contribution is 7.91. The molecule has 0 aromatic carbocycles. The van der Waals surface area contributed by atoms with Crippen LogP contribution in [-0.2, 0) is 16.4 Å². The molecule has 1 N–H and O–H groups in total. The van der Waals surface area contributed by atoms with Crippen LogP contribution in [0.1, 0.15) is 16.7 Å². The molecule has 98 valence electrons. The van der Waals surface area contributed by atoms with Gasteiger partial charge in [0.25, 0.3) is 0 Å². The first-order valence-corrected chi connectivity index (χ1v) is 7.62. The molecule has 0 unspecified atom stereocenters. The van der Waals surface area contributed by atoms with Crippen molar-refractivity contribution in [1.82, 2.24) is 14.9 Å². The molecule has 0 spiro atoms. The normalized spacial score (nSPS) is 11.9. The molecule has 8 heteroatoms. The van der Waals surface area contributed by atoms with Crippen LogP contribution in [0.3, 0.4) is 0 Å². The zero-order valence-corrected chi connectivity index (χ0v) is 11.6. The summed E-state index contributed by atoms with van der Waals surface area (Å²) < 4.78 is 31.7. The molecule has 0 saturated carbocycles. The molecule has 6 nitrogen and oxygen atoms in total. The number of hydrogen-bond donors (Lipinski definition) is 1. The number of nitrogens with one attached hydrogen (secondary N) is 1. The van der Waals surface area contributed by atoms with Gasteiger partial charge in [-0.3, -0.25) is 0 Å². The van der Waals surface area contributed by atoms with Crippen LogP contribution >= 0.6 is 11.3 Å². The second-order valence-electron chi connectivity index (χ2n) is 3.73. The summed E-state index contributed by atoms with van der Waals surface area (Å²) >= 11 is 1.24. The minimum Gasteiger partial charge on any atom is -0.426 e. The average Bonchev–Trinajstić information content (AvgIpc) is 2.88. The van der Waals surface area contributed by atoms with E-state index in [4.69, 9.17) is 4.42 Å². The van der Waals surface area contributed by atoms with Crippen molar-refractivity contribution in [3.8, 4) is 0 Å². The Labute approximate surface area is 109 Å². The lowest BCUT2D eigenvalue weighted by Gasteiger charge is -2.02. The van der Waals surface area contributed by atoms with Crippen molar-refractivity contribution in [3.63, 3.8) is 0 Å². The first kappa shape index (κ1) is 13.2. The molecule has 0 saturated heterocycles. The zero-order valence-electron chi connectivity index (χ0n) is 10.0. The maximum absolute atomic E-state index is 11.9. The molecule has 2 rings (SSSR count). The maximum atomic E-state index is 11.9. The van der Waals surface area contributed by atoms with Gasteiger partial charge < -0.3 is 4.42 Å². The summed E-state index contributed by atoms with van der Waals surface area (Å²) in [6, 6.07) is 3.37. The minimum absolute atomic E-state index is 0.237. The van der Waals surface area contributed by atoms with Crippen molar-refractivity contribution >= 4 is 21.4 Å². The van der Waals surface area contributed by atoms with Gasteiger partial charge >= 0.3 is 0 Å². The van der Waals surface area contributed by atoms with E-state index in [1.165, 1.54) is 11.3 Å². The van der Waals surface area contributed by atoms with Gasteiger partial charge in [-0.2, -0.15) is 0 Å². The lowest BCUT2D eigenvalue weighted by atomic mass is 10.4. The Hall–Kier alpha value is -1.25. The zero-order chi connectivity index (χ0) is 13.2. The van der Waals surface area contributed by atoms with Crippen LogP contribution in [0.15, 0.2) is 20.8 Å². The molecule has 0 aliphatic heterocycles. The number of hydrogen-bond acceptors (Lipinski definition) is 6. The Morgan fingerprint density at radius 1 is 1.33 bits per heavy atom. The van der Waals surface area contributed by atoms with Crippen LogP contribution < -0.4 is 4.72 Å². The predicted molar refractivity (Wildman–Crippen MR) is 67.0 cm³/mol. The first-order chi connectivity index (χ1) is 8.47. The lowest BCUT2D eigenvalue weighted by molar-refractivity contribution is 0.466. The molecule has 0 aliphatic carbocycles. The number of rotatable bonds is 5. The Balaban J connectivity index is 1.93. The highest BCUT2D eigenvalue weighted by atomic mass is 32.2. The van der Waals surface area contributed by atoms with Gasteiger partial charge in [-0.1, -0.05) is 0 Å². The van der Waals surface area contributed by atoms with E-state index in [-0.39, 0.29) is 6.54 Å². The van der Waals surface area contributed by atoms with E-state index >= 15 is 0 Å². The Morgan fingerprint density at radius 2 is 2.11 bits per heavy atom. The fourth-order valence-electron chi connectivity index (χ4n) is 1.36. The Bertz CT molecular complexity index is 630. The Kier molecular flexibility index (Phi) is 3.79. The first-order valence-electron chi connectivity index (χ1n) is 5.32. The summed E-state index contributed by atoms with van der Waals surface area (Å²) in [6.07, 6.45) is 0.379. The van der Waals surface area contributed by atoms with Crippen molar-refractivity contribution in [2.24, 2.45) is 0 Å². The van der Waals surface area contributed by atoms with Gasteiger partial charge in [0.2, 0.25) is 21.8 Å². The van der Waals surface area contributed by atoms with E-state index in [1.807, 2.05) is 6.92 Å². The van der Waals surface area contributed by atoms with Crippen LogP contribution in [0, 0.1) is 13.8 Å². The molecule has 0 bridgehead atoms. The summed E-state index contributed by atoms with van der Waals surface area (Å²) in [4.78, 5) is 0.961. The standard InChI is InChI=1S/C10H13N3O3S2/c1-7-3-4-10(17-7)18(14,15)11-6-5-9-13-12-8(2)16-9/h3-4,11H,5-6H2,1-2H3. The molecule has 0 aliphatic rings. The SMILES string of the molecule is Cc1nnc(CCNS(=O)(=O)c2ccc(C)s2)o1. The largest absolute Gasteiger partial charge is 0.426 e. The number of sulfonamides is 1. The number of thiophene rings is 1. The summed E-state index contributed by atoms with van der Waals surface area (Å²) in [7, 11) is -3.42. The fourth-order valence-corrected chi connectivity index (χ4v) is 3.72. The van der Waals surface area contributed by atoms with E-state index in [9.17, 15) is 8.42 Å². The second kappa shape index (κ2) is 5.17. The van der Waals surface area contributed by atoms with Crippen molar-refractivity contribution in [2.45, 2.75) is 24.5 Å². The number of nitrogens with zero attached hydrogens (tertiary/aromatic N) is 2. The van der Waals surface area contributed by atoms with Gasteiger partial charge in [0.15, 0.2) is 0 Å². The summed E-state index contributed by atoms with van der Waals surface area (Å²) in [5.74, 6) is 0.902. The average molecular weight is 287 g/mol. The molecule has 2 heterocycles. The molecule has 2 aromatic rings. The minimum atomic E-state index is -3.42. The summed E-state index contributed by atoms with van der Waals surface area (Å²) in [5, 5.41) is 7.46. The molecule has 0 fully saturated rings. The van der Waals surface area contributed by atoms with Gasteiger partial charge in [-0.05, 0) is 19.1 Å². The van der Waals surface area contributed by atoms with Crippen LogP contribution in [0.2, 0.25) is 0 Å². The molecule has 0 amide bonds. The van der Waals surface area contributed by atoms with Crippen molar-refractivity contribution in [3.05, 3.63) is 28.8 Å². The van der Waals surface area contributed by atoms with Gasteiger partial charge in [0.1, 0.15) is 4.21 Å². The van der Waals surface area contributed by atoms with Crippen LogP contribution in [0.25, 0.3) is 0 Å². The molecule has 0 atom stereocenters. The van der Waals surface area contributed by atoms with Gasteiger partial charge in [0.05, 0.1) is 0 Å². The van der Waals surface area contributed by atoms with E-state index < -0.39 is 10.0 Å². The van der Waals surface area contributed by atoms with Crippen molar-refractivity contribution < 1.29 is 12.8 Å². The van der Waals surface area contributed by atoms with E-state index in [2.05, 4.69) is 14.9 Å². The summed E-state index contributed by atoms with van der Waals surface area (Å²) in [5.41, 5.74) is 0. The highest BCUT2D eigenvalue weighted by Gasteiger charge is 2.15. The molecular weight excluding hydrogens is 274 g/mol. The van der Waals surface area contributed by atoms with E-state index in [0.29, 0.717) is 22.4 Å². The fraction of sp³-hybridized carbons (Fsp3) is 0.400. The third-order valence-electron chi connectivity index (χ3n) is 2.18. The molecule has 2 aromatic heterocycles. The van der Waals surface area contributed by atoms with Crippen LogP contribution in [-0.4, -0.2) is 25.2 Å². The Morgan fingerprint density at radius 3 is 2.67 bits per heavy atom. The third kappa shape index (κ3) is 3.15. The quantitative estimate of drug-likeness (QED) is 0.895.